The van der Waals surface area contributed by atoms with E-state index in [-0.39, 0.29) is 11.5 Å². The van der Waals surface area contributed by atoms with Crippen LogP contribution in [0.4, 0.5) is 18.9 Å². The Hall–Kier alpha value is -3.36. The molecule has 2 aromatic rings. The highest BCUT2D eigenvalue weighted by atomic mass is 19.4. The number of nitrogens with zero attached hydrogens (tertiary/aromatic N) is 1. The molecule has 0 radical (unpaired) electrons. The average molecular weight is 353 g/mol. The Morgan fingerprint density at radius 3 is 2.52 bits per heavy atom. The summed E-state index contributed by atoms with van der Waals surface area (Å²) in [6, 6.07) is 7.82. The number of rotatable bonds is 5. The van der Waals surface area contributed by atoms with E-state index in [9.17, 15) is 28.1 Å². The molecule has 0 aliphatic rings. The number of hydrogen-bond donors (Lipinski definition) is 1. The molecule has 0 amide bonds. The monoisotopic (exact) mass is 353 g/mol. The lowest BCUT2D eigenvalue weighted by Crippen LogP contribution is -2.06. The zero-order valence-corrected chi connectivity index (χ0v) is 12.4. The first-order valence-corrected chi connectivity index (χ1v) is 6.71. The van der Waals surface area contributed by atoms with E-state index in [1.165, 1.54) is 24.3 Å². The van der Waals surface area contributed by atoms with E-state index in [0.29, 0.717) is 17.7 Å². The predicted molar refractivity (Wildman–Crippen MR) is 81.3 cm³/mol. The Bertz CT molecular complexity index is 846. The smallest absolute Gasteiger partial charge is 0.416 e. The van der Waals surface area contributed by atoms with E-state index < -0.39 is 28.3 Å². The lowest BCUT2D eigenvalue weighted by Gasteiger charge is -2.10. The molecular weight excluding hydrogens is 343 g/mol. The number of benzene rings is 2. The molecule has 0 bridgehead atoms. The molecule has 0 atom stereocenters. The van der Waals surface area contributed by atoms with Crippen LogP contribution in [0.15, 0.2) is 48.5 Å². The number of aliphatic carboxylic acids is 1. The second-order valence-corrected chi connectivity index (χ2v) is 4.78. The number of carbonyl (C=O) groups is 1. The summed E-state index contributed by atoms with van der Waals surface area (Å²) in [5, 5.41) is 19.6. The van der Waals surface area contributed by atoms with Gasteiger partial charge in [-0.25, -0.2) is 4.79 Å². The van der Waals surface area contributed by atoms with Crippen LogP contribution in [-0.2, 0) is 11.0 Å². The molecule has 0 aliphatic heterocycles. The molecule has 0 saturated carbocycles. The van der Waals surface area contributed by atoms with Gasteiger partial charge in [-0.05, 0) is 35.9 Å². The minimum Gasteiger partial charge on any atom is -0.478 e. The SMILES string of the molecule is O=C(O)/C=C/c1cccc(Oc2ccc(C(F)(F)F)cc2[N+](=O)[O-])c1. The van der Waals surface area contributed by atoms with Gasteiger partial charge in [-0.2, -0.15) is 13.2 Å². The number of nitro groups is 1. The summed E-state index contributed by atoms with van der Waals surface area (Å²) in [4.78, 5) is 20.5. The zero-order valence-electron chi connectivity index (χ0n) is 12.4. The molecule has 0 aliphatic carbocycles. The highest BCUT2D eigenvalue weighted by Crippen LogP contribution is 2.37. The topological polar surface area (TPSA) is 89.7 Å². The second-order valence-electron chi connectivity index (χ2n) is 4.78. The largest absolute Gasteiger partial charge is 0.478 e. The van der Waals surface area contributed by atoms with Crippen LogP contribution >= 0.6 is 0 Å². The van der Waals surface area contributed by atoms with Gasteiger partial charge >= 0.3 is 17.8 Å². The molecule has 0 heterocycles. The highest BCUT2D eigenvalue weighted by molar-refractivity contribution is 5.85. The summed E-state index contributed by atoms with van der Waals surface area (Å²) in [7, 11) is 0. The van der Waals surface area contributed by atoms with Crippen molar-refractivity contribution in [2.45, 2.75) is 6.18 Å². The lowest BCUT2D eigenvalue weighted by molar-refractivity contribution is -0.385. The number of ether oxygens (including phenoxy) is 1. The third-order valence-electron chi connectivity index (χ3n) is 2.99. The predicted octanol–water partition coefficient (Wildman–Crippen LogP) is 4.50. The Morgan fingerprint density at radius 1 is 1.20 bits per heavy atom. The Balaban J connectivity index is 2.35. The van der Waals surface area contributed by atoms with Gasteiger partial charge in [-0.15, -0.1) is 0 Å². The molecule has 0 unspecified atom stereocenters. The highest BCUT2D eigenvalue weighted by Gasteiger charge is 2.33. The average Bonchev–Trinajstić information content (AvgIpc) is 2.52. The van der Waals surface area contributed by atoms with Gasteiger partial charge in [0.2, 0.25) is 5.75 Å². The molecule has 130 valence electrons. The maximum absolute atomic E-state index is 12.7. The van der Waals surface area contributed by atoms with Crippen molar-refractivity contribution in [2.75, 3.05) is 0 Å². The molecule has 9 heteroatoms. The van der Waals surface area contributed by atoms with Crippen LogP contribution in [0.5, 0.6) is 11.5 Å². The van der Waals surface area contributed by atoms with Crippen LogP contribution < -0.4 is 4.74 Å². The number of nitro benzene ring substituents is 1. The van der Waals surface area contributed by atoms with E-state index in [4.69, 9.17) is 9.84 Å². The summed E-state index contributed by atoms with van der Waals surface area (Å²) in [5.41, 5.74) is -1.56. The third-order valence-corrected chi connectivity index (χ3v) is 2.99. The maximum Gasteiger partial charge on any atom is 0.416 e. The fourth-order valence-corrected chi connectivity index (χ4v) is 1.90. The minimum atomic E-state index is -4.72. The lowest BCUT2D eigenvalue weighted by atomic mass is 10.1. The van der Waals surface area contributed by atoms with Crippen molar-refractivity contribution in [3.05, 3.63) is 69.8 Å². The fraction of sp³-hybridized carbons (Fsp3) is 0.0625. The Morgan fingerprint density at radius 2 is 1.92 bits per heavy atom. The van der Waals surface area contributed by atoms with E-state index in [1.54, 1.807) is 6.07 Å². The van der Waals surface area contributed by atoms with Crippen molar-refractivity contribution in [2.24, 2.45) is 0 Å². The summed E-state index contributed by atoms with van der Waals surface area (Å²) >= 11 is 0. The quantitative estimate of drug-likeness (QED) is 0.485. The summed E-state index contributed by atoms with van der Waals surface area (Å²) in [6.45, 7) is 0. The summed E-state index contributed by atoms with van der Waals surface area (Å²) in [5.74, 6) is -1.42. The van der Waals surface area contributed by atoms with Crippen LogP contribution in [0.2, 0.25) is 0 Å². The Kier molecular flexibility index (Phi) is 5.06. The molecule has 0 aromatic heterocycles. The summed E-state index contributed by atoms with van der Waals surface area (Å²) < 4.78 is 43.3. The third kappa shape index (κ3) is 4.80. The molecule has 1 N–H and O–H groups in total. The summed E-state index contributed by atoms with van der Waals surface area (Å²) in [6.07, 6.45) is -2.55. The first-order chi connectivity index (χ1) is 11.7. The van der Waals surface area contributed by atoms with Gasteiger partial charge in [-0.1, -0.05) is 12.1 Å². The zero-order chi connectivity index (χ0) is 18.6. The number of carboxylic acid groups (broad SMARTS) is 1. The number of hydrogen-bond acceptors (Lipinski definition) is 4. The molecule has 0 spiro atoms. The van der Waals surface area contributed by atoms with Gasteiger partial charge in [0.05, 0.1) is 10.5 Å². The van der Waals surface area contributed by atoms with Gasteiger partial charge in [-0.3, -0.25) is 10.1 Å². The minimum absolute atomic E-state index is 0.107. The molecule has 6 nitrogen and oxygen atoms in total. The van der Waals surface area contributed by atoms with Crippen molar-refractivity contribution in [3.63, 3.8) is 0 Å². The first kappa shape index (κ1) is 18.0. The van der Waals surface area contributed by atoms with Gasteiger partial charge < -0.3 is 9.84 Å². The van der Waals surface area contributed by atoms with E-state index >= 15 is 0 Å². The van der Waals surface area contributed by atoms with Gasteiger partial charge in [0, 0.05) is 12.1 Å². The molecule has 2 rings (SSSR count). The molecular formula is C16H10F3NO5. The van der Waals surface area contributed by atoms with E-state index in [2.05, 4.69) is 0 Å². The number of carboxylic acids is 1. The van der Waals surface area contributed by atoms with Gasteiger partial charge in [0.1, 0.15) is 5.75 Å². The van der Waals surface area contributed by atoms with Crippen LogP contribution in [-0.4, -0.2) is 16.0 Å². The van der Waals surface area contributed by atoms with Crippen molar-refractivity contribution in [1.82, 2.24) is 0 Å². The molecule has 0 fully saturated rings. The normalized spacial score (nSPS) is 11.5. The maximum atomic E-state index is 12.7. The standard InChI is InChI=1S/C16H10F3NO5/c17-16(18,19)11-5-6-14(13(9-11)20(23)24)25-12-3-1-2-10(8-12)4-7-15(21)22/h1-9H,(H,21,22)/b7-4+. The van der Waals surface area contributed by atoms with Crippen LogP contribution in [0, 0.1) is 10.1 Å². The van der Waals surface area contributed by atoms with Crippen molar-refractivity contribution >= 4 is 17.7 Å². The fourth-order valence-electron chi connectivity index (χ4n) is 1.90. The van der Waals surface area contributed by atoms with E-state index in [1.807, 2.05) is 0 Å². The Labute approximate surface area is 138 Å². The number of halogens is 3. The first-order valence-electron chi connectivity index (χ1n) is 6.71. The van der Waals surface area contributed by atoms with Crippen LogP contribution in [0.3, 0.4) is 0 Å². The van der Waals surface area contributed by atoms with Crippen LogP contribution in [0.25, 0.3) is 6.08 Å². The van der Waals surface area contributed by atoms with Crippen molar-refractivity contribution in [3.8, 4) is 11.5 Å². The van der Waals surface area contributed by atoms with Crippen LogP contribution in [0.1, 0.15) is 11.1 Å². The second kappa shape index (κ2) is 7.04. The molecule has 0 saturated heterocycles. The van der Waals surface area contributed by atoms with Gasteiger partial charge in [0.15, 0.2) is 0 Å². The van der Waals surface area contributed by atoms with Gasteiger partial charge in [0.25, 0.3) is 0 Å². The van der Waals surface area contributed by atoms with E-state index in [0.717, 1.165) is 12.1 Å². The molecule has 25 heavy (non-hydrogen) atoms. The van der Waals surface area contributed by atoms with Crippen molar-refractivity contribution < 1.29 is 32.7 Å². The molecule has 2 aromatic carbocycles. The number of alkyl halides is 3. The van der Waals surface area contributed by atoms with Crippen molar-refractivity contribution in [1.29, 1.82) is 0 Å².